The van der Waals surface area contributed by atoms with Crippen molar-refractivity contribution < 1.29 is 19.1 Å². The van der Waals surface area contributed by atoms with E-state index in [1.54, 1.807) is 0 Å². The number of esters is 1. The molecule has 0 radical (unpaired) electrons. The van der Waals surface area contributed by atoms with E-state index in [4.69, 9.17) is 9.47 Å². The molecule has 2 aromatic heterocycles. The van der Waals surface area contributed by atoms with Gasteiger partial charge in [-0.15, -0.1) is 21.5 Å². The van der Waals surface area contributed by atoms with Gasteiger partial charge in [0.2, 0.25) is 5.91 Å². The number of hydrogen-bond acceptors (Lipinski definition) is 8. The van der Waals surface area contributed by atoms with Gasteiger partial charge in [-0.1, -0.05) is 54.2 Å². The minimum absolute atomic E-state index is 0.0946. The summed E-state index contributed by atoms with van der Waals surface area (Å²) in [4.78, 5) is 26.4. The Kier molecular flexibility index (Phi) is 8.30. The topological polar surface area (TPSA) is 95.3 Å². The Labute approximate surface area is 224 Å². The fourth-order valence-corrected chi connectivity index (χ4v) is 5.72. The molecule has 1 amide bonds. The maximum Gasteiger partial charge on any atom is 0.341 e. The van der Waals surface area contributed by atoms with Crippen LogP contribution in [0.1, 0.15) is 39.7 Å². The van der Waals surface area contributed by atoms with E-state index in [1.165, 1.54) is 30.2 Å². The molecule has 0 aliphatic carbocycles. The van der Waals surface area contributed by atoms with Gasteiger partial charge in [0.15, 0.2) is 17.1 Å². The molecule has 8 nitrogen and oxygen atoms in total. The summed E-state index contributed by atoms with van der Waals surface area (Å²) < 4.78 is 12.9. The maximum absolute atomic E-state index is 12.9. The van der Waals surface area contributed by atoms with Gasteiger partial charge in [-0.2, -0.15) is 0 Å². The molecule has 0 bridgehead atoms. The molecule has 37 heavy (non-hydrogen) atoms. The van der Waals surface area contributed by atoms with Crippen LogP contribution in [-0.2, 0) is 16.6 Å². The van der Waals surface area contributed by atoms with Crippen LogP contribution in [0.2, 0.25) is 0 Å². The highest BCUT2D eigenvalue weighted by Crippen LogP contribution is 2.40. The van der Waals surface area contributed by atoms with Crippen LogP contribution >= 0.6 is 23.1 Å². The Balaban J connectivity index is 1.45. The predicted octanol–water partition coefficient (Wildman–Crippen LogP) is 5.82. The average molecular weight is 537 g/mol. The van der Waals surface area contributed by atoms with Crippen molar-refractivity contribution in [2.24, 2.45) is 7.05 Å². The first-order valence-electron chi connectivity index (χ1n) is 11.6. The molecule has 0 aliphatic heterocycles. The van der Waals surface area contributed by atoms with E-state index in [2.05, 4.69) is 15.5 Å². The number of thiophene rings is 1. The SMILES string of the molecule is COC(=O)c1c(NC(=O)CSc2nnc(C(C)Oc3cccc(C)c3)n2C)sc(C)c1-c1ccccc1. The molecule has 0 saturated carbocycles. The summed E-state index contributed by atoms with van der Waals surface area (Å²) in [5, 5.41) is 12.4. The van der Waals surface area contributed by atoms with E-state index in [0.717, 1.165) is 27.3 Å². The zero-order chi connectivity index (χ0) is 26.5. The highest BCUT2D eigenvalue weighted by molar-refractivity contribution is 7.99. The first kappa shape index (κ1) is 26.4. The fraction of sp³-hybridized carbons (Fsp3) is 0.259. The number of rotatable bonds is 9. The summed E-state index contributed by atoms with van der Waals surface area (Å²) in [6.07, 6.45) is -0.324. The van der Waals surface area contributed by atoms with E-state index in [1.807, 2.05) is 87.0 Å². The predicted molar refractivity (Wildman–Crippen MR) is 146 cm³/mol. The number of nitrogens with zero attached hydrogens (tertiary/aromatic N) is 3. The number of aromatic nitrogens is 3. The van der Waals surface area contributed by atoms with Crippen molar-refractivity contribution in [2.75, 3.05) is 18.2 Å². The number of hydrogen-bond donors (Lipinski definition) is 1. The van der Waals surface area contributed by atoms with Gasteiger partial charge in [-0.05, 0) is 44.0 Å². The Morgan fingerprint density at radius 1 is 1.11 bits per heavy atom. The van der Waals surface area contributed by atoms with Crippen molar-refractivity contribution in [1.29, 1.82) is 0 Å². The van der Waals surface area contributed by atoms with Gasteiger partial charge in [0.25, 0.3) is 0 Å². The molecule has 1 unspecified atom stereocenters. The second kappa shape index (κ2) is 11.6. The molecule has 0 saturated heterocycles. The Morgan fingerprint density at radius 2 is 1.86 bits per heavy atom. The summed E-state index contributed by atoms with van der Waals surface area (Å²) in [5.74, 6) is 0.749. The molecule has 0 aliphatic rings. The number of amides is 1. The lowest BCUT2D eigenvalue weighted by atomic mass is 10.0. The number of carbonyl (C=O) groups excluding carboxylic acids is 2. The van der Waals surface area contributed by atoms with E-state index in [0.29, 0.717) is 21.5 Å². The van der Waals surface area contributed by atoms with Gasteiger partial charge in [0.05, 0.1) is 12.9 Å². The summed E-state index contributed by atoms with van der Waals surface area (Å²) >= 11 is 2.61. The average Bonchev–Trinajstić information content (AvgIpc) is 3.41. The molecule has 0 fully saturated rings. The van der Waals surface area contributed by atoms with Gasteiger partial charge in [-0.25, -0.2) is 4.79 Å². The van der Waals surface area contributed by atoms with Gasteiger partial charge < -0.3 is 19.4 Å². The van der Waals surface area contributed by atoms with Crippen molar-refractivity contribution in [2.45, 2.75) is 32.0 Å². The first-order valence-corrected chi connectivity index (χ1v) is 13.4. The maximum atomic E-state index is 12.9. The van der Waals surface area contributed by atoms with Crippen LogP contribution in [0.5, 0.6) is 5.75 Å². The van der Waals surface area contributed by atoms with Crippen LogP contribution < -0.4 is 10.1 Å². The lowest BCUT2D eigenvalue weighted by Gasteiger charge is -2.14. The van der Waals surface area contributed by atoms with Crippen molar-refractivity contribution in [3.8, 4) is 16.9 Å². The molecular weight excluding hydrogens is 508 g/mol. The minimum Gasteiger partial charge on any atom is -0.483 e. The zero-order valence-corrected chi connectivity index (χ0v) is 22.9. The van der Waals surface area contributed by atoms with E-state index >= 15 is 0 Å². The third-order valence-electron chi connectivity index (χ3n) is 5.66. The second-order valence-electron chi connectivity index (χ2n) is 8.41. The largest absolute Gasteiger partial charge is 0.483 e. The number of carbonyl (C=O) groups is 2. The molecule has 1 N–H and O–H groups in total. The van der Waals surface area contributed by atoms with Crippen molar-refractivity contribution in [3.05, 3.63) is 76.4 Å². The van der Waals surface area contributed by atoms with Crippen LogP contribution in [0, 0.1) is 13.8 Å². The number of anilines is 1. The molecule has 2 aromatic carbocycles. The van der Waals surface area contributed by atoms with Gasteiger partial charge in [0, 0.05) is 17.5 Å². The summed E-state index contributed by atoms with van der Waals surface area (Å²) in [6, 6.07) is 17.4. The third-order valence-corrected chi connectivity index (χ3v) is 7.70. The second-order valence-corrected chi connectivity index (χ2v) is 10.6. The first-order chi connectivity index (χ1) is 17.8. The molecule has 10 heteroatoms. The summed E-state index contributed by atoms with van der Waals surface area (Å²) in [7, 11) is 3.18. The standard InChI is InChI=1S/C27H28N4O4S2/c1-16-10-9-13-20(14-16)35-17(2)24-29-30-27(31(24)4)36-15-21(32)28-25-23(26(33)34-5)22(18(3)37-25)19-11-7-6-8-12-19/h6-14,17H,15H2,1-5H3,(H,28,32). The normalized spacial score (nSPS) is 11.7. The molecule has 1 atom stereocenters. The van der Waals surface area contributed by atoms with Crippen molar-refractivity contribution >= 4 is 40.0 Å². The van der Waals surface area contributed by atoms with Crippen LogP contribution in [0.4, 0.5) is 5.00 Å². The number of ether oxygens (including phenoxy) is 2. The number of thioether (sulfide) groups is 1. The monoisotopic (exact) mass is 536 g/mol. The van der Waals surface area contributed by atoms with Gasteiger partial charge in [-0.3, -0.25) is 4.79 Å². The van der Waals surface area contributed by atoms with E-state index in [-0.39, 0.29) is 17.8 Å². The van der Waals surface area contributed by atoms with Crippen LogP contribution in [0.15, 0.2) is 59.8 Å². The quantitative estimate of drug-likeness (QED) is 0.213. The Morgan fingerprint density at radius 3 is 2.57 bits per heavy atom. The zero-order valence-electron chi connectivity index (χ0n) is 21.3. The van der Waals surface area contributed by atoms with Crippen LogP contribution in [0.25, 0.3) is 11.1 Å². The molecule has 0 spiro atoms. The van der Waals surface area contributed by atoms with Crippen LogP contribution in [0.3, 0.4) is 0 Å². The van der Waals surface area contributed by atoms with Crippen molar-refractivity contribution in [3.63, 3.8) is 0 Å². The van der Waals surface area contributed by atoms with E-state index < -0.39 is 5.97 Å². The number of methoxy groups -OCH3 is 1. The molecular formula is C27H28N4O4S2. The van der Waals surface area contributed by atoms with Crippen molar-refractivity contribution in [1.82, 2.24) is 14.8 Å². The lowest BCUT2D eigenvalue weighted by molar-refractivity contribution is -0.113. The number of nitrogens with one attached hydrogen (secondary N) is 1. The molecule has 2 heterocycles. The number of benzene rings is 2. The number of aryl methyl sites for hydroxylation is 2. The summed E-state index contributed by atoms with van der Waals surface area (Å²) in [5.41, 5.74) is 3.12. The Bertz CT molecular complexity index is 1420. The molecule has 4 rings (SSSR count). The third kappa shape index (κ3) is 6.03. The molecule has 4 aromatic rings. The fourth-order valence-electron chi connectivity index (χ4n) is 3.93. The van der Waals surface area contributed by atoms with Gasteiger partial charge >= 0.3 is 5.97 Å². The van der Waals surface area contributed by atoms with E-state index in [9.17, 15) is 9.59 Å². The molecule has 192 valence electrons. The van der Waals surface area contributed by atoms with Crippen LogP contribution in [-0.4, -0.2) is 39.5 Å². The Hall–Kier alpha value is -3.63. The lowest BCUT2D eigenvalue weighted by Crippen LogP contribution is -2.16. The smallest absolute Gasteiger partial charge is 0.341 e. The van der Waals surface area contributed by atoms with Gasteiger partial charge in [0.1, 0.15) is 16.3 Å². The highest BCUT2D eigenvalue weighted by Gasteiger charge is 2.25. The highest BCUT2D eigenvalue weighted by atomic mass is 32.2. The summed E-state index contributed by atoms with van der Waals surface area (Å²) in [6.45, 7) is 5.84. The minimum atomic E-state index is -0.494.